The number of imide groups is 1. The summed E-state index contributed by atoms with van der Waals surface area (Å²) in [6, 6.07) is 11.5. The van der Waals surface area contributed by atoms with E-state index in [-0.39, 0.29) is 29.2 Å². The molecule has 0 radical (unpaired) electrons. The van der Waals surface area contributed by atoms with Crippen LogP contribution in [-0.2, 0) is 0 Å². The predicted molar refractivity (Wildman–Crippen MR) is 97.6 cm³/mol. The van der Waals surface area contributed by atoms with E-state index in [4.69, 9.17) is 4.74 Å². The third-order valence-corrected chi connectivity index (χ3v) is 4.13. The Kier molecular flexibility index (Phi) is 4.75. The maximum atomic E-state index is 12.5. The first kappa shape index (κ1) is 17.7. The number of rotatable bonds is 5. The Bertz CT molecular complexity index is 872. The lowest BCUT2D eigenvalue weighted by Gasteiger charge is -2.15. The van der Waals surface area contributed by atoms with Gasteiger partial charge >= 0.3 is 0 Å². The van der Waals surface area contributed by atoms with Crippen LogP contribution in [0.2, 0.25) is 0 Å². The number of carbonyl (C=O) groups is 3. The van der Waals surface area contributed by atoms with Gasteiger partial charge in [0.2, 0.25) is 0 Å². The van der Waals surface area contributed by atoms with Crippen molar-refractivity contribution in [3.63, 3.8) is 0 Å². The number of carbonyl (C=O) groups excluding carboxylic acids is 3. The zero-order valence-corrected chi connectivity index (χ0v) is 14.9. The summed E-state index contributed by atoms with van der Waals surface area (Å²) in [4.78, 5) is 38.6. The lowest BCUT2D eigenvalue weighted by Crippen LogP contribution is -2.33. The zero-order chi connectivity index (χ0) is 18.8. The standard InChI is InChI=1S/C20H20N2O4/c1-12(2)11-22-19(24)16-9-4-13(10-17(16)20(22)25)18(23)21-14-5-7-15(26-3)8-6-14/h4-10,12H,11H2,1-3H3,(H,21,23). The maximum absolute atomic E-state index is 12.5. The van der Waals surface area contributed by atoms with Gasteiger partial charge in [-0.05, 0) is 48.4 Å². The molecule has 1 aliphatic heterocycles. The van der Waals surface area contributed by atoms with Crippen molar-refractivity contribution >= 4 is 23.4 Å². The van der Waals surface area contributed by atoms with Crippen LogP contribution in [0.3, 0.4) is 0 Å². The Labute approximate surface area is 151 Å². The summed E-state index contributed by atoms with van der Waals surface area (Å²) in [5.41, 5.74) is 1.56. The highest BCUT2D eigenvalue weighted by Crippen LogP contribution is 2.25. The van der Waals surface area contributed by atoms with Crippen molar-refractivity contribution in [2.24, 2.45) is 5.92 Å². The van der Waals surface area contributed by atoms with E-state index < -0.39 is 0 Å². The fourth-order valence-corrected chi connectivity index (χ4v) is 2.84. The van der Waals surface area contributed by atoms with Gasteiger partial charge < -0.3 is 10.1 Å². The number of benzene rings is 2. The van der Waals surface area contributed by atoms with Crippen molar-refractivity contribution < 1.29 is 19.1 Å². The molecule has 6 nitrogen and oxygen atoms in total. The molecule has 1 heterocycles. The highest BCUT2D eigenvalue weighted by molar-refractivity contribution is 6.22. The molecule has 6 heteroatoms. The lowest BCUT2D eigenvalue weighted by molar-refractivity contribution is 0.0636. The van der Waals surface area contributed by atoms with Gasteiger partial charge in [0.25, 0.3) is 17.7 Å². The van der Waals surface area contributed by atoms with Gasteiger partial charge in [-0.3, -0.25) is 19.3 Å². The van der Waals surface area contributed by atoms with Crippen molar-refractivity contribution in [3.05, 3.63) is 59.2 Å². The molecule has 3 amide bonds. The largest absolute Gasteiger partial charge is 0.497 e. The molecule has 0 saturated carbocycles. The van der Waals surface area contributed by atoms with E-state index in [0.717, 1.165) is 0 Å². The molecule has 26 heavy (non-hydrogen) atoms. The minimum atomic E-state index is -0.349. The number of hydrogen-bond donors (Lipinski definition) is 1. The summed E-state index contributed by atoms with van der Waals surface area (Å²) in [6.07, 6.45) is 0. The average Bonchev–Trinajstić information content (AvgIpc) is 2.86. The monoisotopic (exact) mass is 352 g/mol. The molecule has 0 atom stereocenters. The number of anilines is 1. The van der Waals surface area contributed by atoms with E-state index in [0.29, 0.717) is 29.1 Å². The van der Waals surface area contributed by atoms with Crippen molar-refractivity contribution in [3.8, 4) is 5.75 Å². The Morgan fingerprint density at radius 1 is 1.04 bits per heavy atom. The smallest absolute Gasteiger partial charge is 0.261 e. The summed E-state index contributed by atoms with van der Waals surface area (Å²) in [5.74, 6) is -0.135. The van der Waals surface area contributed by atoms with Crippen LogP contribution in [0.4, 0.5) is 5.69 Å². The van der Waals surface area contributed by atoms with Gasteiger partial charge in [0, 0.05) is 17.8 Å². The average molecular weight is 352 g/mol. The maximum Gasteiger partial charge on any atom is 0.261 e. The molecule has 0 spiro atoms. The Hall–Kier alpha value is -3.15. The molecule has 0 fully saturated rings. The molecule has 0 aliphatic carbocycles. The number of methoxy groups -OCH3 is 1. The molecule has 2 aromatic carbocycles. The SMILES string of the molecule is COc1ccc(NC(=O)c2ccc3c(c2)C(=O)N(CC(C)C)C3=O)cc1. The van der Waals surface area contributed by atoms with Crippen LogP contribution in [0.5, 0.6) is 5.75 Å². The molecule has 2 aromatic rings. The van der Waals surface area contributed by atoms with Crippen molar-refractivity contribution in [1.82, 2.24) is 4.90 Å². The Balaban J connectivity index is 1.81. The first-order valence-electron chi connectivity index (χ1n) is 8.36. The molecule has 1 N–H and O–H groups in total. The van der Waals surface area contributed by atoms with Gasteiger partial charge in [-0.1, -0.05) is 13.8 Å². The topological polar surface area (TPSA) is 75.7 Å². The molecule has 1 aliphatic rings. The van der Waals surface area contributed by atoms with Gasteiger partial charge in [-0.25, -0.2) is 0 Å². The van der Waals surface area contributed by atoms with Crippen LogP contribution < -0.4 is 10.1 Å². The normalized spacial score (nSPS) is 13.2. The molecule has 134 valence electrons. The summed E-state index contributed by atoms with van der Waals surface area (Å²) in [5, 5.41) is 2.77. The third kappa shape index (κ3) is 3.31. The van der Waals surface area contributed by atoms with Crippen LogP contribution in [0.15, 0.2) is 42.5 Å². The minimum Gasteiger partial charge on any atom is -0.497 e. The van der Waals surface area contributed by atoms with Crippen LogP contribution in [0.25, 0.3) is 0 Å². The Morgan fingerprint density at radius 3 is 2.31 bits per heavy atom. The molecular weight excluding hydrogens is 332 g/mol. The van der Waals surface area contributed by atoms with Crippen molar-refractivity contribution in [1.29, 1.82) is 0 Å². The fraction of sp³-hybridized carbons (Fsp3) is 0.250. The van der Waals surface area contributed by atoms with Crippen LogP contribution in [-0.4, -0.2) is 36.3 Å². The highest BCUT2D eigenvalue weighted by Gasteiger charge is 2.36. The molecule has 3 rings (SSSR count). The summed E-state index contributed by atoms with van der Waals surface area (Å²) in [6.45, 7) is 4.24. The van der Waals surface area contributed by atoms with Crippen molar-refractivity contribution in [2.75, 3.05) is 19.0 Å². The van der Waals surface area contributed by atoms with Gasteiger partial charge in [0.15, 0.2) is 0 Å². The van der Waals surface area contributed by atoms with E-state index in [1.54, 1.807) is 43.5 Å². The zero-order valence-electron chi connectivity index (χ0n) is 14.9. The van der Waals surface area contributed by atoms with E-state index in [2.05, 4.69) is 5.32 Å². The quantitative estimate of drug-likeness (QED) is 0.839. The molecular formula is C20H20N2O4. The van der Waals surface area contributed by atoms with Crippen LogP contribution >= 0.6 is 0 Å². The van der Waals surface area contributed by atoms with Crippen LogP contribution in [0, 0.1) is 5.92 Å². The van der Waals surface area contributed by atoms with Gasteiger partial charge in [0.1, 0.15) is 5.75 Å². The van der Waals surface area contributed by atoms with E-state index >= 15 is 0 Å². The van der Waals surface area contributed by atoms with E-state index in [1.807, 2.05) is 13.8 Å². The van der Waals surface area contributed by atoms with E-state index in [1.165, 1.54) is 11.0 Å². The molecule has 0 bridgehead atoms. The second kappa shape index (κ2) is 7.00. The first-order valence-corrected chi connectivity index (χ1v) is 8.36. The number of nitrogens with zero attached hydrogens (tertiary/aromatic N) is 1. The second-order valence-electron chi connectivity index (χ2n) is 6.56. The van der Waals surface area contributed by atoms with Gasteiger partial charge in [0.05, 0.1) is 18.2 Å². The Morgan fingerprint density at radius 2 is 1.69 bits per heavy atom. The number of hydrogen-bond acceptors (Lipinski definition) is 4. The number of ether oxygens (including phenoxy) is 1. The van der Waals surface area contributed by atoms with Crippen LogP contribution in [0.1, 0.15) is 44.9 Å². The number of amides is 3. The van der Waals surface area contributed by atoms with Gasteiger partial charge in [-0.2, -0.15) is 0 Å². The van der Waals surface area contributed by atoms with E-state index in [9.17, 15) is 14.4 Å². The molecule has 0 aromatic heterocycles. The second-order valence-corrected chi connectivity index (χ2v) is 6.56. The summed E-state index contributed by atoms with van der Waals surface area (Å²) >= 11 is 0. The highest BCUT2D eigenvalue weighted by atomic mass is 16.5. The number of fused-ring (bicyclic) bond motifs is 1. The third-order valence-electron chi connectivity index (χ3n) is 4.13. The molecule has 0 unspecified atom stereocenters. The van der Waals surface area contributed by atoms with Crippen molar-refractivity contribution in [2.45, 2.75) is 13.8 Å². The summed E-state index contributed by atoms with van der Waals surface area (Å²) < 4.78 is 5.08. The molecule has 0 saturated heterocycles. The first-order chi connectivity index (χ1) is 12.4. The van der Waals surface area contributed by atoms with Gasteiger partial charge in [-0.15, -0.1) is 0 Å². The fourth-order valence-electron chi connectivity index (χ4n) is 2.84. The predicted octanol–water partition coefficient (Wildman–Crippen LogP) is 3.20. The minimum absolute atomic E-state index is 0.176. The number of nitrogens with one attached hydrogen (secondary N) is 1. The summed E-state index contributed by atoms with van der Waals surface area (Å²) in [7, 11) is 1.57. The lowest BCUT2D eigenvalue weighted by atomic mass is 10.1.